The maximum absolute atomic E-state index is 3.21. The largest absolute Gasteiger partial charge is 0.319 e. The van der Waals surface area contributed by atoms with Gasteiger partial charge >= 0.3 is 0 Å². The van der Waals surface area contributed by atoms with Crippen LogP contribution in [0.25, 0.3) is 0 Å². The molecular weight excluding hydrogens is 146 g/mol. The quantitative estimate of drug-likeness (QED) is 0.637. The Morgan fingerprint density at radius 1 is 1.42 bits per heavy atom. The minimum atomic E-state index is 0.475. The van der Waals surface area contributed by atoms with Crippen LogP contribution in [0.15, 0.2) is 11.1 Å². The van der Waals surface area contributed by atoms with E-state index in [1.807, 2.05) is 7.05 Å². The first-order chi connectivity index (χ1) is 5.58. The number of hydrogen-bond acceptors (Lipinski definition) is 1. The Bertz CT molecular complexity index is 189. The highest BCUT2D eigenvalue weighted by Crippen LogP contribution is 2.42. The van der Waals surface area contributed by atoms with Crippen LogP contribution in [0.2, 0.25) is 0 Å². The number of nitrogens with one attached hydrogen (secondary N) is 1. The van der Waals surface area contributed by atoms with E-state index in [2.05, 4.69) is 26.1 Å². The lowest BCUT2D eigenvalue weighted by atomic mass is 9.86. The molecule has 0 unspecified atom stereocenters. The van der Waals surface area contributed by atoms with Gasteiger partial charge < -0.3 is 5.32 Å². The molecule has 0 amide bonds. The Morgan fingerprint density at radius 2 is 2.08 bits per heavy atom. The minimum absolute atomic E-state index is 0.475. The number of allylic oxidation sites excluding steroid dienone is 1. The van der Waals surface area contributed by atoms with Gasteiger partial charge in [-0.25, -0.2) is 0 Å². The van der Waals surface area contributed by atoms with E-state index in [4.69, 9.17) is 0 Å². The zero-order valence-corrected chi connectivity index (χ0v) is 8.83. The van der Waals surface area contributed by atoms with Gasteiger partial charge in [-0.3, -0.25) is 0 Å². The molecule has 0 fully saturated rings. The van der Waals surface area contributed by atoms with Crippen LogP contribution in [0.5, 0.6) is 0 Å². The van der Waals surface area contributed by atoms with Crippen LogP contribution in [0.3, 0.4) is 0 Å². The van der Waals surface area contributed by atoms with Gasteiger partial charge in [-0.05, 0) is 45.2 Å². The van der Waals surface area contributed by atoms with Gasteiger partial charge in [0.1, 0.15) is 0 Å². The topological polar surface area (TPSA) is 12.0 Å². The molecule has 0 saturated heterocycles. The molecule has 1 N–H and O–H groups in total. The van der Waals surface area contributed by atoms with Gasteiger partial charge in [0.25, 0.3) is 0 Å². The lowest BCUT2D eigenvalue weighted by Crippen LogP contribution is -2.09. The minimum Gasteiger partial charge on any atom is -0.319 e. The molecule has 0 spiro atoms. The predicted octanol–water partition coefficient (Wildman–Crippen LogP) is 2.73. The summed E-state index contributed by atoms with van der Waals surface area (Å²) in [6, 6.07) is 0. The first kappa shape index (κ1) is 9.79. The fourth-order valence-electron chi connectivity index (χ4n) is 1.91. The third-order valence-corrected chi connectivity index (χ3v) is 3.27. The normalized spacial score (nSPS) is 22.0. The molecule has 70 valence electrons. The summed E-state index contributed by atoms with van der Waals surface area (Å²) in [5.41, 5.74) is 3.80. The standard InChI is InChI=1S/C11H21N/c1-9-10(6-8-12-4)5-7-11(9,2)3/h12H,5-8H2,1-4H3. The first-order valence-electron chi connectivity index (χ1n) is 4.91. The van der Waals surface area contributed by atoms with Crippen molar-refractivity contribution in [2.45, 2.75) is 40.0 Å². The smallest absolute Gasteiger partial charge is 0.00145 e. The molecule has 0 aliphatic heterocycles. The van der Waals surface area contributed by atoms with Crippen LogP contribution in [0.4, 0.5) is 0 Å². The average Bonchev–Trinajstić information content (AvgIpc) is 2.26. The highest BCUT2D eigenvalue weighted by Gasteiger charge is 2.28. The van der Waals surface area contributed by atoms with E-state index in [0.29, 0.717) is 5.41 Å². The third kappa shape index (κ3) is 1.89. The Labute approximate surface area is 76.2 Å². The molecule has 0 bridgehead atoms. The maximum atomic E-state index is 3.21. The van der Waals surface area contributed by atoms with Gasteiger partial charge in [0.05, 0.1) is 0 Å². The van der Waals surface area contributed by atoms with E-state index >= 15 is 0 Å². The van der Waals surface area contributed by atoms with Gasteiger partial charge in [0.15, 0.2) is 0 Å². The number of rotatable bonds is 3. The summed E-state index contributed by atoms with van der Waals surface area (Å²) in [7, 11) is 2.02. The summed E-state index contributed by atoms with van der Waals surface area (Å²) in [6.45, 7) is 8.14. The van der Waals surface area contributed by atoms with Gasteiger partial charge in [-0.1, -0.05) is 25.0 Å². The summed E-state index contributed by atoms with van der Waals surface area (Å²) < 4.78 is 0. The summed E-state index contributed by atoms with van der Waals surface area (Å²) in [5, 5.41) is 3.21. The second-order valence-electron chi connectivity index (χ2n) is 4.47. The molecule has 0 heterocycles. The first-order valence-corrected chi connectivity index (χ1v) is 4.91. The van der Waals surface area contributed by atoms with Crippen molar-refractivity contribution in [3.63, 3.8) is 0 Å². The highest BCUT2D eigenvalue weighted by atomic mass is 14.8. The second-order valence-corrected chi connectivity index (χ2v) is 4.47. The highest BCUT2D eigenvalue weighted by molar-refractivity contribution is 5.24. The lowest BCUT2D eigenvalue weighted by Gasteiger charge is -2.19. The van der Waals surface area contributed by atoms with Gasteiger partial charge in [-0.2, -0.15) is 0 Å². The van der Waals surface area contributed by atoms with Crippen molar-refractivity contribution in [1.29, 1.82) is 0 Å². The monoisotopic (exact) mass is 167 g/mol. The zero-order valence-electron chi connectivity index (χ0n) is 8.83. The summed E-state index contributed by atoms with van der Waals surface area (Å²) in [6.07, 6.45) is 3.91. The van der Waals surface area contributed by atoms with Gasteiger partial charge in [-0.15, -0.1) is 0 Å². The Hall–Kier alpha value is -0.300. The summed E-state index contributed by atoms with van der Waals surface area (Å²) >= 11 is 0. The van der Waals surface area contributed by atoms with Crippen molar-refractivity contribution in [2.24, 2.45) is 5.41 Å². The van der Waals surface area contributed by atoms with Crippen LogP contribution in [0, 0.1) is 5.41 Å². The molecule has 1 rings (SSSR count). The molecule has 1 aliphatic carbocycles. The molecule has 12 heavy (non-hydrogen) atoms. The molecule has 0 aromatic rings. The van der Waals surface area contributed by atoms with Crippen LogP contribution >= 0.6 is 0 Å². The molecule has 1 heteroatoms. The van der Waals surface area contributed by atoms with Crippen molar-refractivity contribution in [1.82, 2.24) is 5.32 Å². The van der Waals surface area contributed by atoms with Crippen LogP contribution in [-0.2, 0) is 0 Å². The molecule has 0 saturated carbocycles. The van der Waals surface area contributed by atoms with Crippen LogP contribution in [-0.4, -0.2) is 13.6 Å². The Morgan fingerprint density at radius 3 is 2.50 bits per heavy atom. The third-order valence-electron chi connectivity index (χ3n) is 3.27. The molecule has 0 aromatic carbocycles. The predicted molar refractivity (Wildman–Crippen MR) is 54.3 cm³/mol. The van der Waals surface area contributed by atoms with Gasteiger partial charge in [0.2, 0.25) is 0 Å². The van der Waals surface area contributed by atoms with Crippen molar-refractivity contribution >= 4 is 0 Å². The van der Waals surface area contributed by atoms with E-state index in [1.165, 1.54) is 19.3 Å². The molecule has 0 aromatic heterocycles. The Kier molecular flexibility index (Phi) is 2.94. The molecular formula is C11H21N. The van der Waals surface area contributed by atoms with E-state index in [1.54, 1.807) is 11.1 Å². The van der Waals surface area contributed by atoms with E-state index in [-0.39, 0.29) is 0 Å². The van der Waals surface area contributed by atoms with E-state index in [0.717, 1.165) is 6.54 Å². The average molecular weight is 167 g/mol. The zero-order chi connectivity index (χ0) is 9.19. The van der Waals surface area contributed by atoms with Crippen LogP contribution in [0.1, 0.15) is 40.0 Å². The molecule has 0 radical (unpaired) electrons. The molecule has 0 atom stereocenters. The lowest BCUT2D eigenvalue weighted by molar-refractivity contribution is 0.443. The fraction of sp³-hybridized carbons (Fsp3) is 0.818. The molecule has 1 nitrogen and oxygen atoms in total. The van der Waals surface area contributed by atoms with Crippen molar-refractivity contribution in [2.75, 3.05) is 13.6 Å². The summed E-state index contributed by atoms with van der Waals surface area (Å²) in [4.78, 5) is 0. The molecule has 1 aliphatic rings. The van der Waals surface area contributed by atoms with Crippen molar-refractivity contribution in [3.05, 3.63) is 11.1 Å². The Balaban J connectivity index is 2.59. The van der Waals surface area contributed by atoms with Crippen molar-refractivity contribution in [3.8, 4) is 0 Å². The van der Waals surface area contributed by atoms with E-state index < -0.39 is 0 Å². The summed E-state index contributed by atoms with van der Waals surface area (Å²) in [5.74, 6) is 0. The van der Waals surface area contributed by atoms with Crippen LogP contribution < -0.4 is 5.32 Å². The van der Waals surface area contributed by atoms with Crippen molar-refractivity contribution < 1.29 is 0 Å². The fourth-order valence-corrected chi connectivity index (χ4v) is 1.91. The SMILES string of the molecule is CNCCC1=C(C)C(C)(C)CC1. The second kappa shape index (κ2) is 3.61. The maximum Gasteiger partial charge on any atom is -0.00145 e. The van der Waals surface area contributed by atoms with E-state index in [9.17, 15) is 0 Å². The number of hydrogen-bond donors (Lipinski definition) is 1. The van der Waals surface area contributed by atoms with Gasteiger partial charge in [0, 0.05) is 0 Å².